The molecular weight excluding hydrogens is 873 g/mol. The van der Waals surface area contributed by atoms with E-state index in [1.165, 1.54) is 295 Å². The van der Waals surface area contributed by atoms with Gasteiger partial charge < -0.3 is 14.6 Å². The maximum Gasteiger partial charge on any atom is 0.306 e. The van der Waals surface area contributed by atoms with Crippen molar-refractivity contribution in [3.05, 3.63) is 24.3 Å². The monoisotopic (exact) mass is 999 g/mol. The molecule has 5 nitrogen and oxygen atoms in total. The zero-order valence-corrected chi connectivity index (χ0v) is 48.3. The van der Waals surface area contributed by atoms with Crippen molar-refractivity contribution in [1.29, 1.82) is 0 Å². The Balaban J connectivity index is 3.34. The minimum atomic E-state index is -0.773. The zero-order valence-electron chi connectivity index (χ0n) is 48.3. The van der Waals surface area contributed by atoms with Gasteiger partial charge in [0.15, 0.2) is 6.10 Å². The highest BCUT2D eigenvalue weighted by molar-refractivity contribution is 5.70. The van der Waals surface area contributed by atoms with Crippen molar-refractivity contribution in [2.24, 2.45) is 0 Å². The number of ether oxygens (including phenoxy) is 2. The van der Waals surface area contributed by atoms with E-state index in [2.05, 4.69) is 38.2 Å². The molecular formula is C66H126O5. The Kier molecular flexibility index (Phi) is 61.2. The summed E-state index contributed by atoms with van der Waals surface area (Å²) >= 11 is 0. The Morgan fingerprint density at radius 3 is 0.859 bits per heavy atom. The lowest BCUT2D eigenvalue weighted by Crippen LogP contribution is -2.28. The SMILES string of the molecule is CCCCC/C=C\C/C=C\CCCCCCCCCC(=O)OC(CO)COC(=O)CCCCCCCCCCCCCCCCCCCCCCCCCCCCCCCCCCCCCCCCCC. The third-order valence-electron chi connectivity index (χ3n) is 15.0. The molecule has 0 amide bonds. The van der Waals surface area contributed by atoms with E-state index < -0.39 is 6.10 Å². The Morgan fingerprint density at radius 1 is 0.324 bits per heavy atom. The summed E-state index contributed by atoms with van der Waals surface area (Å²) in [5.41, 5.74) is 0. The zero-order chi connectivity index (χ0) is 51.3. The van der Waals surface area contributed by atoms with Crippen molar-refractivity contribution in [3.8, 4) is 0 Å². The molecule has 0 aliphatic heterocycles. The minimum absolute atomic E-state index is 0.0637. The second kappa shape index (κ2) is 62.7. The number of aliphatic hydroxyl groups excluding tert-OH is 1. The number of carbonyl (C=O) groups is 2. The first-order valence-corrected chi connectivity index (χ1v) is 32.4. The summed E-state index contributed by atoms with van der Waals surface area (Å²) in [5, 5.41) is 9.65. The van der Waals surface area contributed by atoms with Gasteiger partial charge in [-0.2, -0.15) is 0 Å². The first-order chi connectivity index (χ1) is 35.1. The van der Waals surface area contributed by atoms with E-state index >= 15 is 0 Å². The molecule has 0 aliphatic carbocycles. The van der Waals surface area contributed by atoms with Crippen molar-refractivity contribution < 1.29 is 24.2 Å². The fourth-order valence-electron chi connectivity index (χ4n) is 10.1. The van der Waals surface area contributed by atoms with Gasteiger partial charge in [0.1, 0.15) is 6.61 Å². The Bertz CT molecular complexity index is 1080. The topological polar surface area (TPSA) is 72.8 Å². The Labute approximate surface area is 444 Å². The molecule has 1 atom stereocenters. The largest absolute Gasteiger partial charge is 0.462 e. The van der Waals surface area contributed by atoms with E-state index in [1.54, 1.807) is 0 Å². The van der Waals surface area contributed by atoms with E-state index in [-0.39, 0.29) is 25.2 Å². The van der Waals surface area contributed by atoms with Gasteiger partial charge in [0.25, 0.3) is 0 Å². The number of rotatable bonds is 61. The van der Waals surface area contributed by atoms with Gasteiger partial charge in [-0.3, -0.25) is 9.59 Å². The first-order valence-electron chi connectivity index (χ1n) is 32.4. The molecule has 0 aliphatic rings. The Hall–Kier alpha value is -1.62. The smallest absolute Gasteiger partial charge is 0.306 e. The average Bonchev–Trinajstić information content (AvgIpc) is 3.37. The summed E-state index contributed by atoms with van der Waals surface area (Å²) in [6.07, 6.45) is 80.7. The van der Waals surface area contributed by atoms with Gasteiger partial charge in [-0.25, -0.2) is 0 Å². The summed E-state index contributed by atoms with van der Waals surface area (Å²) in [7, 11) is 0. The van der Waals surface area contributed by atoms with Crippen LogP contribution in [-0.4, -0.2) is 36.4 Å². The maximum absolute atomic E-state index is 12.3. The molecule has 0 saturated heterocycles. The van der Waals surface area contributed by atoms with E-state index in [1.807, 2.05) is 0 Å². The van der Waals surface area contributed by atoms with Crippen LogP contribution in [0.4, 0.5) is 0 Å². The molecule has 0 radical (unpaired) electrons. The highest BCUT2D eigenvalue weighted by atomic mass is 16.6. The highest BCUT2D eigenvalue weighted by Gasteiger charge is 2.16. The van der Waals surface area contributed by atoms with Gasteiger partial charge in [0.05, 0.1) is 6.61 Å². The fraction of sp³-hybridized carbons (Fsp3) is 0.909. The summed E-state index contributed by atoms with van der Waals surface area (Å²) < 4.78 is 10.7. The van der Waals surface area contributed by atoms with Crippen molar-refractivity contribution in [1.82, 2.24) is 0 Å². The van der Waals surface area contributed by atoms with Crippen molar-refractivity contribution >= 4 is 11.9 Å². The van der Waals surface area contributed by atoms with Crippen LogP contribution in [0, 0.1) is 0 Å². The van der Waals surface area contributed by atoms with Gasteiger partial charge in [-0.15, -0.1) is 0 Å². The third kappa shape index (κ3) is 60.8. The van der Waals surface area contributed by atoms with Crippen LogP contribution in [0.5, 0.6) is 0 Å². The predicted octanol–water partition coefficient (Wildman–Crippen LogP) is 22.0. The molecule has 0 heterocycles. The second-order valence-electron chi connectivity index (χ2n) is 22.2. The van der Waals surface area contributed by atoms with Crippen LogP contribution < -0.4 is 0 Å². The molecule has 1 unspecified atom stereocenters. The molecule has 0 aromatic rings. The Morgan fingerprint density at radius 2 is 0.563 bits per heavy atom. The molecule has 0 saturated carbocycles. The number of hydrogen-bond donors (Lipinski definition) is 1. The van der Waals surface area contributed by atoms with Crippen LogP contribution in [0.1, 0.15) is 367 Å². The lowest BCUT2D eigenvalue weighted by atomic mass is 10.0. The molecule has 71 heavy (non-hydrogen) atoms. The summed E-state index contributed by atoms with van der Waals surface area (Å²) in [6.45, 7) is 4.16. The van der Waals surface area contributed by atoms with Crippen LogP contribution in [0.3, 0.4) is 0 Å². The second-order valence-corrected chi connectivity index (χ2v) is 22.2. The van der Waals surface area contributed by atoms with Crippen LogP contribution in [-0.2, 0) is 19.1 Å². The van der Waals surface area contributed by atoms with Crippen molar-refractivity contribution in [2.75, 3.05) is 13.2 Å². The molecule has 420 valence electrons. The van der Waals surface area contributed by atoms with Gasteiger partial charge in [-0.1, -0.05) is 334 Å². The van der Waals surface area contributed by atoms with E-state index in [4.69, 9.17) is 9.47 Å². The molecule has 0 aromatic carbocycles. The summed E-state index contributed by atoms with van der Waals surface area (Å²) in [4.78, 5) is 24.5. The number of aliphatic hydroxyl groups is 1. The number of allylic oxidation sites excluding steroid dienone is 4. The maximum atomic E-state index is 12.3. The van der Waals surface area contributed by atoms with Gasteiger partial charge in [-0.05, 0) is 44.9 Å². The van der Waals surface area contributed by atoms with Crippen LogP contribution in [0.25, 0.3) is 0 Å². The van der Waals surface area contributed by atoms with Crippen molar-refractivity contribution in [3.63, 3.8) is 0 Å². The highest BCUT2D eigenvalue weighted by Crippen LogP contribution is 2.19. The molecule has 0 spiro atoms. The quantitative estimate of drug-likeness (QED) is 0.0373. The van der Waals surface area contributed by atoms with Crippen LogP contribution in [0.15, 0.2) is 24.3 Å². The normalized spacial score (nSPS) is 12.2. The van der Waals surface area contributed by atoms with Gasteiger partial charge in [0, 0.05) is 12.8 Å². The standard InChI is InChI=1S/C66H126O5/c1-3-5-7-9-11-13-15-17-19-21-22-23-24-25-26-27-28-29-30-31-32-33-34-35-36-37-38-39-40-41-42-43-45-46-48-50-52-54-56-58-60-65(68)70-63-64(62-67)71-66(69)61-59-57-55-53-51-49-47-44-20-18-16-14-12-10-8-6-4-2/h12,14,18,20,64,67H,3-11,13,15-17,19,21-63H2,1-2H3/b14-12-,20-18-. The molecule has 0 bridgehead atoms. The van der Waals surface area contributed by atoms with Crippen LogP contribution in [0.2, 0.25) is 0 Å². The lowest BCUT2D eigenvalue weighted by molar-refractivity contribution is -0.161. The first kappa shape index (κ1) is 69.4. The van der Waals surface area contributed by atoms with E-state index in [0.717, 1.165) is 44.9 Å². The number of unbranched alkanes of at least 4 members (excludes halogenated alkanes) is 49. The van der Waals surface area contributed by atoms with Crippen LogP contribution >= 0.6 is 0 Å². The molecule has 0 aromatic heterocycles. The average molecular weight is 1000 g/mol. The lowest BCUT2D eigenvalue weighted by Gasteiger charge is -2.15. The molecule has 5 heteroatoms. The molecule has 0 fully saturated rings. The van der Waals surface area contributed by atoms with E-state index in [9.17, 15) is 14.7 Å². The summed E-state index contributed by atoms with van der Waals surface area (Å²) in [6, 6.07) is 0. The third-order valence-corrected chi connectivity index (χ3v) is 15.0. The number of esters is 2. The summed E-state index contributed by atoms with van der Waals surface area (Å²) in [5.74, 6) is -0.581. The van der Waals surface area contributed by atoms with E-state index in [0.29, 0.717) is 12.8 Å². The number of hydrogen-bond acceptors (Lipinski definition) is 5. The fourth-order valence-corrected chi connectivity index (χ4v) is 10.1. The number of carbonyl (C=O) groups excluding carboxylic acids is 2. The molecule has 0 rings (SSSR count). The predicted molar refractivity (Wildman–Crippen MR) is 311 cm³/mol. The minimum Gasteiger partial charge on any atom is -0.462 e. The van der Waals surface area contributed by atoms with Crippen molar-refractivity contribution in [2.45, 2.75) is 373 Å². The molecule has 1 N–H and O–H groups in total. The van der Waals surface area contributed by atoms with Gasteiger partial charge in [0.2, 0.25) is 0 Å². The van der Waals surface area contributed by atoms with Gasteiger partial charge >= 0.3 is 11.9 Å².